The van der Waals surface area contributed by atoms with Crippen LogP contribution in [0.5, 0.6) is 0 Å². The van der Waals surface area contributed by atoms with Gasteiger partial charge in [0.2, 0.25) is 0 Å². The van der Waals surface area contributed by atoms with Crippen molar-refractivity contribution in [3.05, 3.63) is 35.1 Å². The molecule has 0 unspecified atom stereocenters. The quantitative estimate of drug-likeness (QED) is 0.536. The van der Waals surface area contributed by atoms with Crippen LogP contribution in [0.2, 0.25) is 0 Å². The summed E-state index contributed by atoms with van der Waals surface area (Å²) in [5, 5.41) is 3.34. The molecule has 0 aliphatic carbocycles. The molecule has 0 aromatic heterocycles. The summed E-state index contributed by atoms with van der Waals surface area (Å²) >= 11 is 6.48. The molecule has 8 heteroatoms. The van der Waals surface area contributed by atoms with E-state index >= 15 is 0 Å². The molecule has 1 amide bonds. The van der Waals surface area contributed by atoms with Gasteiger partial charge in [0, 0.05) is 10.7 Å². The van der Waals surface area contributed by atoms with E-state index in [2.05, 4.69) is 37.2 Å². The van der Waals surface area contributed by atoms with Gasteiger partial charge in [-0.25, -0.2) is 4.39 Å². The summed E-state index contributed by atoms with van der Waals surface area (Å²) in [5.41, 5.74) is -2.38. The van der Waals surface area contributed by atoms with Gasteiger partial charge in [-0.3, -0.25) is 4.79 Å². The first kappa shape index (κ1) is 18.4. The van der Waals surface area contributed by atoms with Gasteiger partial charge in [0.15, 0.2) is 0 Å². The summed E-state index contributed by atoms with van der Waals surface area (Å²) in [7, 11) is 0. The number of alkyl halides is 5. The lowest BCUT2D eigenvalue weighted by Gasteiger charge is -2.30. The minimum Gasteiger partial charge on any atom is -0.345 e. The summed E-state index contributed by atoms with van der Waals surface area (Å²) in [6.07, 6.45) is -4.11. The smallest absolute Gasteiger partial charge is 0.345 e. The Kier molecular flexibility index (Phi) is 6.22. The van der Waals surface area contributed by atoms with Gasteiger partial charge in [0.25, 0.3) is 5.91 Å². The highest BCUT2D eigenvalue weighted by Crippen LogP contribution is 2.30. The van der Waals surface area contributed by atoms with Crippen LogP contribution in [0.15, 0.2) is 18.2 Å². The average Bonchev–Trinajstić information content (AvgIpc) is 2.44. The summed E-state index contributed by atoms with van der Waals surface area (Å²) in [5.74, 6) is -1.87. The number of hydrogen-bond donors (Lipinski definition) is 1. The number of carbonyl (C=O) groups excluding carboxylic acids is 1. The van der Waals surface area contributed by atoms with Crippen molar-refractivity contribution in [1.82, 2.24) is 5.32 Å². The Morgan fingerprint density at radius 2 is 1.81 bits per heavy atom. The van der Waals surface area contributed by atoms with E-state index in [1.807, 2.05) is 6.92 Å². The van der Waals surface area contributed by atoms with Gasteiger partial charge in [0.05, 0.1) is 16.7 Å². The Labute approximate surface area is 136 Å². The molecule has 0 atom stereocenters. The van der Waals surface area contributed by atoms with Gasteiger partial charge in [-0.1, -0.05) is 38.8 Å². The summed E-state index contributed by atoms with van der Waals surface area (Å²) in [4.78, 5) is 12.1. The van der Waals surface area contributed by atoms with E-state index in [1.54, 1.807) is 0 Å². The van der Waals surface area contributed by atoms with Crippen LogP contribution in [0.3, 0.4) is 0 Å². The van der Waals surface area contributed by atoms with Crippen molar-refractivity contribution in [2.24, 2.45) is 0 Å². The molecule has 0 saturated heterocycles. The van der Waals surface area contributed by atoms with Gasteiger partial charge in [-0.2, -0.15) is 13.2 Å². The highest BCUT2D eigenvalue weighted by atomic mass is 79.9. The molecule has 0 radical (unpaired) electrons. The van der Waals surface area contributed by atoms with E-state index in [0.717, 1.165) is 0 Å². The van der Waals surface area contributed by atoms with Gasteiger partial charge < -0.3 is 5.32 Å². The first-order chi connectivity index (χ1) is 9.69. The highest BCUT2D eigenvalue weighted by molar-refractivity contribution is 9.09. The lowest BCUT2D eigenvalue weighted by Crippen LogP contribution is -2.51. The van der Waals surface area contributed by atoms with Crippen LogP contribution in [0.25, 0.3) is 0 Å². The standard InChI is InChI=1S/C13H13Br2F4NO/c1-2-12(6-14,7-15)20-11(21)9-5-8(13(17,18)19)3-4-10(9)16/h3-5H,2,6-7H2,1H3,(H,20,21). The summed E-state index contributed by atoms with van der Waals surface area (Å²) < 4.78 is 51.5. The zero-order valence-electron chi connectivity index (χ0n) is 11.0. The maximum absolute atomic E-state index is 13.6. The third-order valence-electron chi connectivity index (χ3n) is 3.11. The monoisotopic (exact) mass is 433 g/mol. The van der Waals surface area contributed by atoms with Crippen LogP contribution in [-0.2, 0) is 6.18 Å². The minimum atomic E-state index is -4.63. The first-order valence-corrected chi connectivity index (χ1v) is 8.24. The largest absolute Gasteiger partial charge is 0.416 e. The van der Waals surface area contributed by atoms with Crippen LogP contribution in [0.4, 0.5) is 17.6 Å². The molecule has 0 aliphatic heterocycles. The Balaban J connectivity index is 3.13. The molecule has 0 saturated carbocycles. The van der Waals surface area contributed by atoms with Crippen molar-refractivity contribution in [3.8, 4) is 0 Å². The van der Waals surface area contributed by atoms with Crippen LogP contribution < -0.4 is 5.32 Å². The SMILES string of the molecule is CCC(CBr)(CBr)NC(=O)c1cc(C(F)(F)F)ccc1F. The molecule has 0 bridgehead atoms. The number of amides is 1. The maximum atomic E-state index is 13.6. The van der Waals surface area contributed by atoms with E-state index in [0.29, 0.717) is 35.3 Å². The number of hydrogen-bond acceptors (Lipinski definition) is 1. The van der Waals surface area contributed by atoms with Crippen molar-refractivity contribution in [2.75, 3.05) is 10.7 Å². The third kappa shape index (κ3) is 4.42. The fourth-order valence-electron chi connectivity index (χ4n) is 1.56. The number of rotatable bonds is 5. The molecule has 1 N–H and O–H groups in total. The molecule has 0 spiro atoms. The van der Waals surface area contributed by atoms with Gasteiger partial charge in [0.1, 0.15) is 5.82 Å². The van der Waals surface area contributed by atoms with Crippen LogP contribution in [0, 0.1) is 5.82 Å². The van der Waals surface area contributed by atoms with Gasteiger partial charge in [-0.15, -0.1) is 0 Å². The fraction of sp³-hybridized carbons (Fsp3) is 0.462. The van der Waals surface area contributed by atoms with E-state index in [9.17, 15) is 22.4 Å². The van der Waals surface area contributed by atoms with Gasteiger partial charge in [-0.05, 0) is 24.6 Å². The summed E-state index contributed by atoms with van der Waals surface area (Å²) in [6, 6.07) is 1.77. The lowest BCUT2D eigenvalue weighted by atomic mass is 10.0. The topological polar surface area (TPSA) is 29.1 Å². The predicted octanol–water partition coefficient (Wildman–Crippen LogP) is 4.51. The van der Waals surface area contributed by atoms with Crippen LogP contribution in [-0.4, -0.2) is 22.1 Å². The van der Waals surface area contributed by atoms with Crippen molar-refractivity contribution < 1.29 is 22.4 Å². The molecule has 1 aromatic carbocycles. The van der Waals surface area contributed by atoms with E-state index in [1.165, 1.54) is 0 Å². The molecule has 0 fully saturated rings. The predicted molar refractivity (Wildman–Crippen MR) is 79.5 cm³/mol. The zero-order valence-corrected chi connectivity index (χ0v) is 14.2. The van der Waals surface area contributed by atoms with Crippen molar-refractivity contribution in [2.45, 2.75) is 25.1 Å². The van der Waals surface area contributed by atoms with Gasteiger partial charge >= 0.3 is 6.18 Å². The Morgan fingerprint density at radius 1 is 1.24 bits per heavy atom. The van der Waals surface area contributed by atoms with E-state index in [-0.39, 0.29) is 0 Å². The number of carbonyl (C=O) groups is 1. The number of benzene rings is 1. The summed E-state index contributed by atoms with van der Waals surface area (Å²) in [6.45, 7) is 1.81. The molecule has 0 aliphatic rings. The maximum Gasteiger partial charge on any atom is 0.416 e. The lowest BCUT2D eigenvalue weighted by molar-refractivity contribution is -0.137. The second-order valence-electron chi connectivity index (χ2n) is 4.55. The second kappa shape index (κ2) is 7.09. The number of halogens is 6. The second-order valence-corrected chi connectivity index (χ2v) is 5.67. The molecule has 2 nitrogen and oxygen atoms in total. The fourth-order valence-corrected chi connectivity index (χ4v) is 3.57. The van der Waals surface area contributed by atoms with Crippen LogP contribution >= 0.6 is 31.9 Å². The number of nitrogens with one attached hydrogen (secondary N) is 1. The molecular weight excluding hydrogens is 422 g/mol. The molecule has 0 heterocycles. The Hall–Kier alpha value is -0.630. The third-order valence-corrected chi connectivity index (χ3v) is 5.25. The molecule has 1 rings (SSSR count). The van der Waals surface area contributed by atoms with Crippen molar-refractivity contribution in [1.29, 1.82) is 0 Å². The minimum absolute atomic E-state index is 0.383. The molecule has 21 heavy (non-hydrogen) atoms. The van der Waals surface area contributed by atoms with E-state index < -0.39 is 34.6 Å². The zero-order chi connectivity index (χ0) is 16.3. The average molecular weight is 435 g/mol. The Morgan fingerprint density at radius 3 is 2.24 bits per heavy atom. The normalized spacial score (nSPS) is 12.3. The molecule has 118 valence electrons. The van der Waals surface area contributed by atoms with Crippen LogP contribution in [0.1, 0.15) is 29.3 Å². The molecular formula is C13H13Br2F4NO. The van der Waals surface area contributed by atoms with Crippen molar-refractivity contribution in [3.63, 3.8) is 0 Å². The highest BCUT2D eigenvalue weighted by Gasteiger charge is 2.33. The first-order valence-electron chi connectivity index (χ1n) is 6.00. The Bertz CT molecular complexity index is 507. The molecule has 1 aromatic rings. The van der Waals surface area contributed by atoms with Crippen molar-refractivity contribution >= 4 is 37.8 Å². The van der Waals surface area contributed by atoms with E-state index in [4.69, 9.17) is 0 Å².